The van der Waals surface area contributed by atoms with Crippen LogP contribution in [0.15, 0.2) is 59.1 Å². The van der Waals surface area contributed by atoms with Crippen LogP contribution in [0.3, 0.4) is 0 Å². The lowest BCUT2D eigenvalue weighted by atomic mass is 10.0. The molecule has 1 atom stereocenters. The second-order valence-electron chi connectivity index (χ2n) is 8.09. The molecule has 0 aliphatic carbocycles. The van der Waals surface area contributed by atoms with Crippen LogP contribution in [-0.4, -0.2) is 26.6 Å². The largest absolute Gasteiger partial charge is 0.368 e. The fourth-order valence-corrected chi connectivity index (χ4v) is 6.01. The first-order valence-electron chi connectivity index (χ1n) is 11.2. The Morgan fingerprint density at radius 1 is 1.17 bits per heavy atom. The van der Waals surface area contributed by atoms with E-state index in [0.29, 0.717) is 32.9 Å². The van der Waals surface area contributed by atoms with Crippen LogP contribution in [0.5, 0.6) is 0 Å². The van der Waals surface area contributed by atoms with E-state index in [-0.39, 0.29) is 17.4 Å². The standard InChI is InChI=1S/C25H25ClN6O2S2/c1-3-19(32-24(28)30-31-25(32)36-12-16-6-4-5-7-18(16)26)22(34)29-23-20(21(27)33)17(13-35-23)15-10-8-14(2)9-11-15/h4-11,13,19H,3,12H2,1-2H3,(H2,27,33)(H2,28,30)(H,29,34). The lowest BCUT2D eigenvalue weighted by Crippen LogP contribution is -2.27. The molecule has 0 aliphatic rings. The smallest absolute Gasteiger partial charge is 0.252 e. The fraction of sp³-hybridized carbons (Fsp3) is 0.200. The van der Waals surface area contributed by atoms with E-state index < -0.39 is 11.9 Å². The van der Waals surface area contributed by atoms with Gasteiger partial charge in [-0.25, -0.2) is 0 Å². The summed E-state index contributed by atoms with van der Waals surface area (Å²) in [5, 5.41) is 14.4. The molecular weight excluding hydrogens is 516 g/mol. The Kier molecular flexibility index (Phi) is 7.97. The number of halogens is 1. The highest BCUT2D eigenvalue weighted by atomic mass is 35.5. The molecule has 0 saturated carbocycles. The summed E-state index contributed by atoms with van der Waals surface area (Å²) in [4.78, 5) is 25.8. The third-order valence-electron chi connectivity index (χ3n) is 5.64. The number of carbonyl (C=O) groups excluding carboxylic acids is 2. The van der Waals surface area contributed by atoms with E-state index in [2.05, 4.69) is 15.5 Å². The van der Waals surface area contributed by atoms with Gasteiger partial charge in [-0.15, -0.1) is 21.5 Å². The van der Waals surface area contributed by atoms with Gasteiger partial charge < -0.3 is 16.8 Å². The molecule has 2 heterocycles. The molecule has 8 nitrogen and oxygen atoms in total. The third kappa shape index (κ3) is 5.40. The fourth-order valence-electron chi connectivity index (χ4n) is 3.76. The normalized spacial score (nSPS) is 11.9. The number of aromatic nitrogens is 3. The highest BCUT2D eigenvalue weighted by molar-refractivity contribution is 7.98. The Hall–Kier alpha value is -3.34. The number of aryl methyl sites for hydroxylation is 1. The molecule has 36 heavy (non-hydrogen) atoms. The van der Waals surface area contributed by atoms with Crippen LogP contribution in [0.4, 0.5) is 10.9 Å². The summed E-state index contributed by atoms with van der Waals surface area (Å²) in [5.41, 5.74) is 15.7. The number of nitrogens with one attached hydrogen (secondary N) is 1. The van der Waals surface area contributed by atoms with Crippen molar-refractivity contribution in [1.82, 2.24) is 14.8 Å². The van der Waals surface area contributed by atoms with Gasteiger partial charge in [-0.3, -0.25) is 14.2 Å². The summed E-state index contributed by atoms with van der Waals surface area (Å²) in [7, 11) is 0. The zero-order chi connectivity index (χ0) is 25.8. The molecule has 0 saturated heterocycles. The first kappa shape index (κ1) is 25.7. The van der Waals surface area contributed by atoms with E-state index in [0.717, 1.165) is 16.7 Å². The summed E-state index contributed by atoms with van der Waals surface area (Å²) in [6, 6.07) is 14.6. The van der Waals surface area contributed by atoms with Crippen molar-refractivity contribution in [1.29, 1.82) is 0 Å². The van der Waals surface area contributed by atoms with Gasteiger partial charge in [-0.2, -0.15) is 0 Å². The predicted octanol–water partition coefficient (Wildman–Crippen LogP) is 5.53. The molecule has 1 unspecified atom stereocenters. The topological polar surface area (TPSA) is 129 Å². The molecule has 0 radical (unpaired) electrons. The van der Waals surface area contributed by atoms with E-state index in [1.165, 1.54) is 23.1 Å². The Bertz CT molecular complexity index is 1400. The monoisotopic (exact) mass is 540 g/mol. The number of nitrogen functional groups attached to an aromatic ring is 1. The minimum atomic E-state index is -0.695. The third-order valence-corrected chi connectivity index (χ3v) is 7.90. The van der Waals surface area contributed by atoms with Crippen molar-refractivity contribution in [3.63, 3.8) is 0 Å². The van der Waals surface area contributed by atoms with Crippen LogP contribution >= 0.6 is 34.7 Å². The van der Waals surface area contributed by atoms with Crippen molar-refractivity contribution >= 4 is 57.5 Å². The SMILES string of the molecule is CCC(C(=O)Nc1scc(-c2ccc(C)cc2)c1C(N)=O)n1c(N)nnc1SCc1ccccc1Cl. The molecule has 4 aromatic rings. The number of thioether (sulfide) groups is 1. The molecule has 2 aromatic heterocycles. The first-order chi connectivity index (χ1) is 17.3. The Balaban J connectivity index is 1.59. The Morgan fingerprint density at radius 3 is 2.56 bits per heavy atom. The maximum Gasteiger partial charge on any atom is 0.252 e. The summed E-state index contributed by atoms with van der Waals surface area (Å²) < 4.78 is 1.61. The highest BCUT2D eigenvalue weighted by Gasteiger charge is 2.27. The van der Waals surface area contributed by atoms with Gasteiger partial charge in [0.25, 0.3) is 5.91 Å². The molecule has 0 bridgehead atoms. The number of benzene rings is 2. The molecular formula is C25H25ClN6O2S2. The van der Waals surface area contributed by atoms with Crippen molar-refractivity contribution in [3.8, 4) is 11.1 Å². The number of hydrogen-bond acceptors (Lipinski definition) is 7. The van der Waals surface area contributed by atoms with Crippen LogP contribution in [0.1, 0.15) is 40.9 Å². The van der Waals surface area contributed by atoms with Crippen LogP contribution in [0.25, 0.3) is 11.1 Å². The number of nitrogens with zero attached hydrogens (tertiary/aromatic N) is 3. The number of thiophene rings is 1. The van der Waals surface area contributed by atoms with Gasteiger partial charge in [-0.05, 0) is 30.5 Å². The summed E-state index contributed by atoms with van der Waals surface area (Å²) in [5.74, 6) is -0.300. The molecule has 0 spiro atoms. The second kappa shape index (κ2) is 11.2. The molecule has 4 rings (SSSR count). The molecule has 0 fully saturated rings. The van der Waals surface area contributed by atoms with E-state index in [1.807, 2.05) is 67.8 Å². The van der Waals surface area contributed by atoms with E-state index in [9.17, 15) is 9.59 Å². The Labute approximate surface area is 222 Å². The molecule has 5 N–H and O–H groups in total. The zero-order valence-electron chi connectivity index (χ0n) is 19.7. The number of anilines is 2. The van der Waals surface area contributed by atoms with E-state index >= 15 is 0 Å². The average Bonchev–Trinajstić information content (AvgIpc) is 3.43. The van der Waals surface area contributed by atoms with Gasteiger partial charge in [0.15, 0.2) is 5.16 Å². The minimum Gasteiger partial charge on any atom is -0.368 e. The Morgan fingerprint density at radius 2 is 1.89 bits per heavy atom. The maximum absolute atomic E-state index is 13.4. The van der Waals surface area contributed by atoms with Gasteiger partial charge in [0.2, 0.25) is 11.9 Å². The van der Waals surface area contributed by atoms with E-state index in [1.54, 1.807) is 4.57 Å². The number of rotatable bonds is 9. The number of primary amides is 1. The summed E-state index contributed by atoms with van der Waals surface area (Å²) in [6.07, 6.45) is 0.426. The molecule has 11 heteroatoms. The van der Waals surface area contributed by atoms with Crippen molar-refractivity contribution in [2.24, 2.45) is 5.73 Å². The number of hydrogen-bond donors (Lipinski definition) is 3. The molecule has 2 aromatic carbocycles. The maximum atomic E-state index is 13.4. The first-order valence-corrected chi connectivity index (χ1v) is 13.4. The quantitative estimate of drug-likeness (QED) is 0.239. The van der Waals surface area contributed by atoms with Crippen molar-refractivity contribution in [2.45, 2.75) is 37.2 Å². The second-order valence-corrected chi connectivity index (χ2v) is 10.3. The van der Waals surface area contributed by atoms with Gasteiger partial charge in [0.05, 0.1) is 5.56 Å². The van der Waals surface area contributed by atoms with Crippen LogP contribution < -0.4 is 16.8 Å². The zero-order valence-corrected chi connectivity index (χ0v) is 22.1. The van der Waals surface area contributed by atoms with E-state index in [4.69, 9.17) is 23.1 Å². The molecule has 2 amide bonds. The number of nitrogens with two attached hydrogens (primary N) is 2. The van der Waals surface area contributed by atoms with Gasteiger partial charge in [0, 0.05) is 21.7 Å². The van der Waals surface area contributed by atoms with Gasteiger partial charge in [-0.1, -0.05) is 78.3 Å². The lowest BCUT2D eigenvalue weighted by molar-refractivity contribution is -0.119. The minimum absolute atomic E-state index is 0.125. The van der Waals surface area contributed by atoms with Crippen molar-refractivity contribution in [3.05, 3.63) is 75.6 Å². The number of carbonyl (C=O) groups is 2. The highest BCUT2D eigenvalue weighted by Crippen LogP contribution is 2.37. The summed E-state index contributed by atoms with van der Waals surface area (Å²) >= 11 is 8.92. The van der Waals surface area contributed by atoms with Gasteiger partial charge >= 0.3 is 0 Å². The van der Waals surface area contributed by atoms with Crippen LogP contribution in [-0.2, 0) is 10.5 Å². The average molecular weight is 541 g/mol. The number of amides is 2. The summed E-state index contributed by atoms with van der Waals surface area (Å²) in [6.45, 7) is 3.86. The van der Waals surface area contributed by atoms with Crippen LogP contribution in [0.2, 0.25) is 5.02 Å². The lowest BCUT2D eigenvalue weighted by Gasteiger charge is -2.19. The molecule has 186 valence electrons. The molecule has 0 aliphatic heterocycles. The predicted molar refractivity (Wildman–Crippen MR) is 146 cm³/mol. The van der Waals surface area contributed by atoms with Crippen molar-refractivity contribution in [2.75, 3.05) is 11.1 Å². The van der Waals surface area contributed by atoms with Crippen molar-refractivity contribution < 1.29 is 9.59 Å². The van der Waals surface area contributed by atoms with Gasteiger partial charge in [0.1, 0.15) is 11.0 Å². The van der Waals surface area contributed by atoms with Crippen LogP contribution in [0, 0.1) is 6.92 Å².